The first-order valence-corrected chi connectivity index (χ1v) is 13.7. The quantitative estimate of drug-likeness (QED) is 0.246. The lowest BCUT2D eigenvalue weighted by atomic mass is 9.99. The molecule has 1 aliphatic heterocycles. The molecule has 1 saturated heterocycles. The highest BCUT2D eigenvalue weighted by molar-refractivity contribution is 5.77. The maximum absolute atomic E-state index is 12.5. The Hall–Kier alpha value is -4.36. The molecule has 4 rings (SSSR count). The smallest absolute Gasteiger partial charge is 0.320 e. The summed E-state index contributed by atoms with van der Waals surface area (Å²) in [6.45, 7) is 7.54. The number of carboxylic acids is 2. The van der Waals surface area contributed by atoms with E-state index < -0.39 is 18.0 Å². The third kappa shape index (κ3) is 9.93. The number of carbonyl (C=O) groups excluding carboxylic acids is 1. The van der Waals surface area contributed by atoms with Gasteiger partial charge >= 0.3 is 11.9 Å². The zero-order valence-corrected chi connectivity index (χ0v) is 24.4. The summed E-state index contributed by atoms with van der Waals surface area (Å²) < 4.78 is 7.45. The van der Waals surface area contributed by atoms with Crippen LogP contribution in [0.25, 0.3) is 11.3 Å². The van der Waals surface area contributed by atoms with Crippen LogP contribution in [-0.2, 0) is 32.6 Å². The van der Waals surface area contributed by atoms with Crippen molar-refractivity contribution in [2.24, 2.45) is 12.8 Å². The van der Waals surface area contributed by atoms with Crippen LogP contribution in [0.4, 0.5) is 11.6 Å². The minimum atomic E-state index is -1.17. The molecule has 3 heterocycles. The average molecular weight is 582 g/mol. The van der Waals surface area contributed by atoms with Crippen LogP contribution in [0.1, 0.15) is 44.2 Å². The number of nitrogens with one attached hydrogen (secondary N) is 1. The number of nitrogens with zero attached hydrogens (tertiary/aromatic N) is 5. The number of amides is 1. The van der Waals surface area contributed by atoms with Gasteiger partial charge in [-0.05, 0) is 56.9 Å². The molecule has 1 aromatic carbocycles. The number of anilines is 2. The predicted octanol–water partition coefficient (Wildman–Crippen LogP) is 2.76. The number of aryl methyl sites for hydroxylation is 3. The van der Waals surface area contributed by atoms with E-state index in [0.717, 1.165) is 28.9 Å². The average Bonchev–Trinajstić information content (AvgIpc) is 3.32. The van der Waals surface area contributed by atoms with Crippen LogP contribution in [0.3, 0.4) is 0 Å². The van der Waals surface area contributed by atoms with Crippen molar-refractivity contribution in [3.05, 3.63) is 54.0 Å². The minimum Gasteiger partial charge on any atom is -0.481 e. The van der Waals surface area contributed by atoms with Gasteiger partial charge in [0, 0.05) is 50.9 Å². The third-order valence-corrected chi connectivity index (χ3v) is 6.51. The topological polar surface area (TPSA) is 186 Å². The lowest BCUT2D eigenvalue weighted by Crippen LogP contribution is -2.55. The summed E-state index contributed by atoms with van der Waals surface area (Å²) in [4.78, 5) is 43.1. The molecular formula is C29H39N7O6. The van der Waals surface area contributed by atoms with Crippen molar-refractivity contribution in [2.45, 2.75) is 64.7 Å². The summed E-state index contributed by atoms with van der Waals surface area (Å²) in [7, 11) is 1.86. The highest BCUT2D eigenvalue weighted by atomic mass is 16.5. The van der Waals surface area contributed by atoms with Crippen molar-refractivity contribution in [1.29, 1.82) is 0 Å². The van der Waals surface area contributed by atoms with Gasteiger partial charge in [0.05, 0.1) is 29.8 Å². The number of aliphatic carboxylic acids is 2. The zero-order chi connectivity index (χ0) is 30.8. The fourth-order valence-corrected chi connectivity index (χ4v) is 4.25. The second kappa shape index (κ2) is 15.0. The maximum Gasteiger partial charge on any atom is 0.320 e. The number of nitrogens with two attached hydrogens (primary N) is 1. The molecule has 0 radical (unpaired) electrons. The molecule has 0 aliphatic carbocycles. The molecule has 226 valence electrons. The minimum absolute atomic E-state index is 0.0231. The van der Waals surface area contributed by atoms with E-state index in [1.165, 1.54) is 5.56 Å². The van der Waals surface area contributed by atoms with Gasteiger partial charge in [-0.25, -0.2) is 9.97 Å². The van der Waals surface area contributed by atoms with Gasteiger partial charge in [0.1, 0.15) is 6.04 Å². The molecule has 0 spiro atoms. The monoisotopic (exact) mass is 581 g/mol. The molecule has 3 aromatic rings. The van der Waals surface area contributed by atoms with Gasteiger partial charge < -0.3 is 30.9 Å². The standard InChI is InChI=1S/C24H30N6O2.C5H9NO4/c1-16(2)32-21-14-30(15-21)23(31)8-7-18-5-6-19(11-17(18)3)22-9-10-25-24(28-22)27-20-12-26-29(4)13-20;6-3(5(9)10)1-2-4(7)8/h5-6,9-13,16,21H,7-8,14-15H2,1-4H3,(H,25,27,28);3H,1-2,6H2,(H,7,8)(H,9,10)/t;3-/m.0/s1. The van der Waals surface area contributed by atoms with E-state index in [4.69, 9.17) is 20.7 Å². The van der Waals surface area contributed by atoms with Crippen LogP contribution in [0, 0.1) is 6.92 Å². The SMILES string of the molecule is Cc1cc(-c2ccnc(Nc3cnn(C)c3)n2)ccc1CCC(=O)N1CC(OC(C)C)C1.N[C@@H](CCC(=O)O)C(=O)O. The van der Waals surface area contributed by atoms with Crippen molar-refractivity contribution in [1.82, 2.24) is 24.6 Å². The van der Waals surface area contributed by atoms with Crippen LogP contribution in [0.5, 0.6) is 0 Å². The van der Waals surface area contributed by atoms with E-state index in [0.29, 0.717) is 25.5 Å². The number of benzene rings is 1. The molecule has 2 aromatic heterocycles. The predicted molar refractivity (Wildman–Crippen MR) is 156 cm³/mol. The van der Waals surface area contributed by atoms with Crippen molar-refractivity contribution in [3.8, 4) is 11.3 Å². The largest absolute Gasteiger partial charge is 0.481 e. The first-order chi connectivity index (χ1) is 19.9. The van der Waals surface area contributed by atoms with E-state index in [1.54, 1.807) is 17.1 Å². The number of carbonyl (C=O) groups is 3. The molecule has 13 nitrogen and oxygen atoms in total. The molecule has 1 fully saturated rings. The number of rotatable bonds is 12. The Morgan fingerprint density at radius 1 is 1.17 bits per heavy atom. The lowest BCUT2D eigenvalue weighted by molar-refractivity contribution is -0.148. The Morgan fingerprint density at radius 3 is 2.50 bits per heavy atom. The molecule has 42 heavy (non-hydrogen) atoms. The summed E-state index contributed by atoms with van der Waals surface area (Å²) >= 11 is 0. The summed E-state index contributed by atoms with van der Waals surface area (Å²) in [6, 6.07) is 7.10. The number of likely N-dealkylation sites (tertiary alicyclic amines) is 1. The van der Waals surface area contributed by atoms with Crippen LogP contribution < -0.4 is 11.1 Å². The van der Waals surface area contributed by atoms with Crippen molar-refractivity contribution in [3.63, 3.8) is 0 Å². The van der Waals surface area contributed by atoms with Gasteiger partial charge in [0.2, 0.25) is 11.9 Å². The van der Waals surface area contributed by atoms with E-state index in [9.17, 15) is 14.4 Å². The van der Waals surface area contributed by atoms with Gasteiger partial charge in [-0.3, -0.25) is 19.1 Å². The van der Waals surface area contributed by atoms with Crippen molar-refractivity contribution in [2.75, 3.05) is 18.4 Å². The number of aromatic nitrogens is 4. The summed E-state index contributed by atoms with van der Waals surface area (Å²) in [5, 5.41) is 23.6. The maximum atomic E-state index is 12.5. The van der Waals surface area contributed by atoms with E-state index in [-0.39, 0.29) is 31.0 Å². The second-order valence-electron chi connectivity index (χ2n) is 10.4. The Labute approximate surface area is 244 Å². The first kappa shape index (κ1) is 32.2. The molecule has 1 amide bonds. The van der Waals surface area contributed by atoms with Gasteiger partial charge in [-0.2, -0.15) is 5.10 Å². The van der Waals surface area contributed by atoms with E-state index in [1.807, 2.05) is 38.1 Å². The van der Waals surface area contributed by atoms with Crippen LogP contribution in [0.2, 0.25) is 0 Å². The third-order valence-electron chi connectivity index (χ3n) is 6.51. The highest BCUT2D eigenvalue weighted by Crippen LogP contribution is 2.24. The normalized spacial score (nSPS) is 13.6. The fraction of sp³-hybridized carbons (Fsp3) is 0.448. The van der Waals surface area contributed by atoms with Crippen molar-refractivity contribution < 1.29 is 29.3 Å². The number of carboxylic acid groups (broad SMARTS) is 2. The van der Waals surface area contributed by atoms with Crippen molar-refractivity contribution >= 4 is 29.5 Å². The van der Waals surface area contributed by atoms with Crippen LogP contribution in [-0.4, -0.2) is 84.0 Å². The Balaban J connectivity index is 0.000000416. The van der Waals surface area contributed by atoms with E-state index in [2.05, 4.69) is 45.5 Å². The molecular weight excluding hydrogens is 542 g/mol. The van der Waals surface area contributed by atoms with Gasteiger partial charge in [-0.1, -0.05) is 12.1 Å². The molecule has 13 heteroatoms. The number of ether oxygens (including phenoxy) is 1. The summed E-state index contributed by atoms with van der Waals surface area (Å²) in [6.07, 6.45) is 6.75. The van der Waals surface area contributed by atoms with E-state index >= 15 is 0 Å². The number of hydrogen-bond acceptors (Lipinski definition) is 9. The Kier molecular flexibility index (Phi) is 11.5. The molecule has 1 atom stereocenters. The fourth-order valence-electron chi connectivity index (χ4n) is 4.25. The lowest BCUT2D eigenvalue weighted by Gasteiger charge is -2.40. The summed E-state index contributed by atoms with van der Waals surface area (Å²) in [5.74, 6) is -1.48. The summed E-state index contributed by atoms with van der Waals surface area (Å²) in [5.41, 5.74) is 10.0. The molecule has 0 bridgehead atoms. The highest BCUT2D eigenvalue weighted by Gasteiger charge is 2.31. The molecule has 1 aliphatic rings. The Bertz CT molecular complexity index is 1370. The van der Waals surface area contributed by atoms with Gasteiger partial charge in [-0.15, -0.1) is 0 Å². The molecule has 0 unspecified atom stereocenters. The number of hydrogen-bond donors (Lipinski definition) is 4. The zero-order valence-electron chi connectivity index (χ0n) is 24.4. The molecule has 0 saturated carbocycles. The van der Waals surface area contributed by atoms with Crippen LogP contribution >= 0.6 is 0 Å². The second-order valence-corrected chi connectivity index (χ2v) is 10.4. The Morgan fingerprint density at radius 2 is 1.90 bits per heavy atom. The first-order valence-electron chi connectivity index (χ1n) is 13.7. The van der Waals surface area contributed by atoms with Gasteiger partial charge in [0.15, 0.2) is 0 Å². The van der Waals surface area contributed by atoms with Crippen LogP contribution in [0.15, 0.2) is 42.9 Å². The molecule has 5 N–H and O–H groups in total. The van der Waals surface area contributed by atoms with Gasteiger partial charge in [0.25, 0.3) is 0 Å².